The molecule has 33 heavy (non-hydrogen) atoms. The van der Waals surface area contributed by atoms with E-state index in [4.69, 9.17) is 21.1 Å². The summed E-state index contributed by atoms with van der Waals surface area (Å²) in [7, 11) is 1.60. The molecule has 2 aromatic rings. The van der Waals surface area contributed by atoms with Crippen molar-refractivity contribution in [2.45, 2.75) is 56.7 Å². The Morgan fingerprint density at radius 3 is 2.55 bits per heavy atom. The van der Waals surface area contributed by atoms with Gasteiger partial charge in [-0.2, -0.15) is 13.2 Å². The normalized spacial score (nSPS) is 21.7. The van der Waals surface area contributed by atoms with Gasteiger partial charge in [-0.1, -0.05) is 17.7 Å². The maximum atomic E-state index is 13.1. The molecular weight excluding hydrogens is 455 g/mol. The Hall–Kier alpha value is -2.41. The Bertz CT molecular complexity index is 1000. The van der Waals surface area contributed by atoms with Crippen molar-refractivity contribution < 1.29 is 27.4 Å². The molecular formula is C25H27ClF3NO3. The fourth-order valence-corrected chi connectivity index (χ4v) is 4.92. The van der Waals surface area contributed by atoms with Gasteiger partial charge in [0.1, 0.15) is 0 Å². The van der Waals surface area contributed by atoms with Gasteiger partial charge in [-0.15, -0.1) is 0 Å². The predicted molar refractivity (Wildman–Crippen MR) is 120 cm³/mol. The molecule has 1 aliphatic carbocycles. The number of amides is 1. The molecule has 1 N–H and O–H groups in total. The Morgan fingerprint density at radius 1 is 1.09 bits per heavy atom. The number of piperidine rings is 1. The first-order chi connectivity index (χ1) is 15.7. The molecule has 0 unspecified atom stereocenters. The zero-order valence-corrected chi connectivity index (χ0v) is 19.1. The van der Waals surface area contributed by atoms with Crippen LogP contribution in [0.5, 0.6) is 11.5 Å². The number of carbonyl (C=O) groups is 1. The molecule has 178 valence electrons. The van der Waals surface area contributed by atoms with Crippen LogP contribution in [0.2, 0.25) is 5.02 Å². The number of alkyl halides is 3. The van der Waals surface area contributed by atoms with Crippen LogP contribution in [0.15, 0.2) is 36.4 Å². The number of hydrogen-bond acceptors (Lipinski definition) is 3. The molecule has 1 saturated carbocycles. The molecule has 1 amide bonds. The van der Waals surface area contributed by atoms with Gasteiger partial charge in [0.2, 0.25) is 5.91 Å². The van der Waals surface area contributed by atoms with E-state index in [-0.39, 0.29) is 29.4 Å². The van der Waals surface area contributed by atoms with Crippen molar-refractivity contribution in [3.05, 3.63) is 58.1 Å². The summed E-state index contributed by atoms with van der Waals surface area (Å²) < 4.78 is 51.1. The lowest BCUT2D eigenvalue weighted by molar-refractivity contribution is -0.137. The van der Waals surface area contributed by atoms with Crippen molar-refractivity contribution in [1.29, 1.82) is 0 Å². The summed E-state index contributed by atoms with van der Waals surface area (Å²) in [6, 6.07) is 9.03. The third-order valence-electron chi connectivity index (χ3n) is 6.56. The summed E-state index contributed by atoms with van der Waals surface area (Å²) in [6.07, 6.45) is 0.716. The summed E-state index contributed by atoms with van der Waals surface area (Å²) >= 11 is 6.17. The number of methoxy groups -OCH3 is 1. The largest absolute Gasteiger partial charge is 0.493 e. The topological polar surface area (TPSA) is 47.6 Å². The zero-order valence-electron chi connectivity index (χ0n) is 18.4. The van der Waals surface area contributed by atoms with E-state index in [9.17, 15) is 18.0 Å². The van der Waals surface area contributed by atoms with Gasteiger partial charge in [-0.25, -0.2) is 0 Å². The molecule has 4 rings (SSSR count). The van der Waals surface area contributed by atoms with E-state index in [1.807, 2.05) is 18.2 Å². The van der Waals surface area contributed by atoms with Crippen LogP contribution < -0.4 is 14.8 Å². The van der Waals surface area contributed by atoms with E-state index in [1.165, 1.54) is 6.07 Å². The second-order valence-corrected chi connectivity index (χ2v) is 9.22. The first-order valence-electron chi connectivity index (χ1n) is 11.2. The predicted octanol–water partition coefficient (Wildman–Crippen LogP) is 6.15. The van der Waals surface area contributed by atoms with Crippen molar-refractivity contribution in [3.8, 4) is 11.5 Å². The maximum Gasteiger partial charge on any atom is 0.416 e. The van der Waals surface area contributed by atoms with Crippen LogP contribution >= 0.6 is 11.6 Å². The van der Waals surface area contributed by atoms with Crippen LogP contribution in [0.1, 0.15) is 54.7 Å². The van der Waals surface area contributed by atoms with Gasteiger partial charge in [0.25, 0.3) is 0 Å². The van der Waals surface area contributed by atoms with E-state index in [1.54, 1.807) is 7.11 Å². The maximum absolute atomic E-state index is 13.1. The number of carbonyl (C=O) groups excluding carboxylic acids is 1. The van der Waals surface area contributed by atoms with Gasteiger partial charge in [-0.3, -0.25) is 4.79 Å². The number of nitrogens with one attached hydrogen (secondary N) is 1. The lowest BCUT2D eigenvalue weighted by atomic mass is 9.82. The number of hydrogen-bond donors (Lipinski definition) is 1. The Kier molecular flexibility index (Phi) is 7.07. The average Bonchev–Trinajstić information content (AvgIpc) is 3.29. The first kappa shape index (κ1) is 23.7. The van der Waals surface area contributed by atoms with Gasteiger partial charge in [0, 0.05) is 23.4 Å². The van der Waals surface area contributed by atoms with E-state index in [0.29, 0.717) is 30.0 Å². The summed E-state index contributed by atoms with van der Waals surface area (Å²) in [6.45, 7) is 0.459. The fourth-order valence-electron chi connectivity index (χ4n) is 4.73. The zero-order chi connectivity index (χ0) is 23.6. The van der Waals surface area contributed by atoms with E-state index in [0.717, 1.165) is 43.4 Å². The Balaban J connectivity index is 1.52. The molecule has 2 fully saturated rings. The number of rotatable bonds is 6. The minimum absolute atomic E-state index is 0.00843. The van der Waals surface area contributed by atoms with Crippen LogP contribution in [0.3, 0.4) is 0 Å². The molecule has 4 nitrogen and oxygen atoms in total. The molecule has 2 aromatic carbocycles. The molecule has 1 heterocycles. The number of benzene rings is 2. The molecule has 0 bridgehead atoms. The first-order valence-corrected chi connectivity index (χ1v) is 11.6. The Labute approximate surface area is 196 Å². The smallest absolute Gasteiger partial charge is 0.416 e. The van der Waals surface area contributed by atoms with Crippen molar-refractivity contribution in [2.24, 2.45) is 5.92 Å². The van der Waals surface area contributed by atoms with Gasteiger partial charge in [0.15, 0.2) is 11.5 Å². The average molecular weight is 482 g/mol. The lowest BCUT2D eigenvalue weighted by Gasteiger charge is -2.30. The van der Waals surface area contributed by atoms with Crippen molar-refractivity contribution in [3.63, 3.8) is 0 Å². The molecule has 1 aliphatic heterocycles. The van der Waals surface area contributed by atoms with Crippen LogP contribution in [-0.4, -0.2) is 25.7 Å². The van der Waals surface area contributed by atoms with Gasteiger partial charge >= 0.3 is 6.18 Å². The highest BCUT2D eigenvalue weighted by Crippen LogP contribution is 2.38. The van der Waals surface area contributed by atoms with E-state index < -0.39 is 17.7 Å². The van der Waals surface area contributed by atoms with E-state index in [2.05, 4.69) is 5.32 Å². The number of halogens is 4. The molecule has 2 atom stereocenters. The molecule has 0 aromatic heterocycles. The standard InChI is InChI=1S/C25H27ClF3NO3/c1-32-22-9-6-15(13-23(22)33-20-4-2-3-5-20)18-11-17(24(31)30-14-18)10-16-12-19(25(27,28)29)7-8-21(16)26/h6-9,12-13,17-18,20H,2-5,10-11,14H2,1H3,(H,30,31)/t17-,18-/m1/s1. The van der Waals surface area contributed by atoms with Crippen LogP contribution in [0, 0.1) is 5.92 Å². The summed E-state index contributed by atoms with van der Waals surface area (Å²) in [5.74, 6) is 0.713. The summed E-state index contributed by atoms with van der Waals surface area (Å²) in [5.41, 5.74) is 0.565. The van der Waals surface area contributed by atoms with Crippen LogP contribution in [-0.2, 0) is 17.4 Å². The minimum Gasteiger partial charge on any atom is -0.493 e. The quantitative estimate of drug-likeness (QED) is 0.538. The molecule has 1 saturated heterocycles. The highest BCUT2D eigenvalue weighted by atomic mass is 35.5. The Morgan fingerprint density at radius 2 is 1.85 bits per heavy atom. The number of ether oxygens (including phenoxy) is 2. The van der Waals surface area contributed by atoms with Gasteiger partial charge < -0.3 is 14.8 Å². The SMILES string of the molecule is COc1ccc([C@H]2CNC(=O)[C@H](Cc3cc(C(F)(F)F)ccc3Cl)C2)cc1OC1CCCC1. The molecule has 0 radical (unpaired) electrons. The molecule has 0 spiro atoms. The second-order valence-electron chi connectivity index (χ2n) is 8.82. The molecule has 8 heteroatoms. The van der Waals surface area contributed by atoms with Crippen molar-refractivity contribution in [2.75, 3.05) is 13.7 Å². The third kappa shape index (κ3) is 5.57. The monoisotopic (exact) mass is 481 g/mol. The minimum atomic E-state index is -4.46. The fraction of sp³-hybridized carbons (Fsp3) is 0.480. The van der Waals surface area contributed by atoms with Crippen molar-refractivity contribution >= 4 is 17.5 Å². The van der Waals surface area contributed by atoms with E-state index >= 15 is 0 Å². The summed E-state index contributed by atoms with van der Waals surface area (Å²) in [4.78, 5) is 12.5. The second kappa shape index (κ2) is 9.84. The van der Waals surface area contributed by atoms with Crippen LogP contribution in [0.25, 0.3) is 0 Å². The molecule has 2 aliphatic rings. The highest BCUT2D eigenvalue weighted by Gasteiger charge is 2.33. The van der Waals surface area contributed by atoms with Gasteiger partial charge in [0.05, 0.1) is 18.8 Å². The van der Waals surface area contributed by atoms with Crippen molar-refractivity contribution in [1.82, 2.24) is 5.32 Å². The van der Waals surface area contributed by atoms with Crippen LogP contribution in [0.4, 0.5) is 13.2 Å². The van der Waals surface area contributed by atoms with Gasteiger partial charge in [-0.05, 0) is 80.0 Å². The third-order valence-corrected chi connectivity index (χ3v) is 6.93. The summed E-state index contributed by atoms with van der Waals surface area (Å²) in [5, 5.41) is 3.14. The lowest BCUT2D eigenvalue weighted by Crippen LogP contribution is -2.41. The highest BCUT2D eigenvalue weighted by molar-refractivity contribution is 6.31.